The van der Waals surface area contributed by atoms with E-state index in [9.17, 15) is 23.1 Å². The maximum Gasteiger partial charge on any atom is 0.422 e. The molecule has 2 rings (SSSR count). The van der Waals surface area contributed by atoms with Gasteiger partial charge in [0.05, 0.1) is 13.2 Å². The minimum absolute atomic E-state index is 0.128. The third-order valence-electron chi connectivity index (χ3n) is 3.47. The van der Waals surface area contributed by atoms with Gasteiger partial charge >= 0.3 is 12.1 Å². The van der Waals surface area contributed by atoms with E-state index in [0.29, 0.717) is 12.8 Å². The van der Waals surface area contributed by atoms with E-state index in [2.05, 4.69) is 4.74 Å². The summed E-state index contributed by atoms with van der Waals surface area (Å²) in [6.45, 7) is 0.260. The largest absolute Gasteiger partial charge is 0.467 e. The number of hydroxylamine groups is 2. The summed E-state index contributed by atoms with van der Waals surface area (Å²) in [6.07, 6.45) is -5.66. The number of halogens is 3. The first-order valence-electron chi connectivity index (χ1n) is 5.62. The second-order valence-electron chi connectivity index (χ2n) is 4.48. The molecule has 0 aromatic heterocycles. The van der Waals surface area contributed by atoms with Gasteiger partial charge in [0.2, 0.25) is 11.7 Å². The Morgan fingerprint density at radius 3 is 2.72 bits per heavy atom. The van der Waals surface area contributed by atoms with Gasteiger partial charge in [-0.15, -0.1) is 0 Å². The first kappa shape index (κ1) is 13.6. The average molecular weight is 269 g/mol. The smallest absolute Gasteiger partial charge is 0.422 e. The molecule has 104 valence electrons. The Bertz CT molecular complexity index is 349. The summed E-state index contributed by atoms with van der Waals surface area (Å²) in [5.41, 5.74) is -3.21. The average Bonchev–Trinajstić information content (AvgIpc) is 2.63. The number of hydrogen-bond donors (Lipinski definition) is 1. The molecule has 0 spiro atoms. The van der Waals surface area contributed by atoms with E-state index in [1.54, 1.807) is 0 Å². The predicted molar refractivity (Wildman–Crippen MR) is 52.2 cm³/mol. The number of rotatable bonds is 1. The highest BCUT2D eigenvalue weighted by molar-refractivity contribution is 5.77. The van der Waals surface area contributed by atoms with Crippen LogP contribution in [0.4, 0.5) is 13.2 Å². The molecule has 0 aliphatic carbocycles. The van der Waals surface area contributed by atoms with Crippen LogP contribution >= 0.6 is 0 Å². The fourth-order valence-corrected chi connectivity index (χ4v) is 2.53. The van der Waals surface area contributed by atoms with E-state index in [-0.39, 0.29) is 13.0 Å². The summed E-state index contributed by atoms with van der Waals surface area (Å²) in [4.78, 5) is 16.3. The van der Waals surface area contributed by atoms with Crippen molar-refractivity contribution in [2.45, 2.75) is 43.2 Å². The molecular formula is C10H14F3NO4. The molecule has 8 heteroatoms. The van der Waals surface area contributed by atoms with Gasteiger partial charge in [0.15, 0.2) is 0 Å². The number of ether oxygens (including phenoxy) is 1. The molecule has 0 radical (unpaired) electrons. The van der Waals surface area contributed by atoms with Crippen LogP contribution in [0.15, 0.2) is 0 Å². The Balaban J connectivity index is 2.38. The van der Waals surface area contributed by atoms with Crippen LogP contribution in [0, 0.1) is 0 Å². The summed E-state index contributed by atoms with van der Waals surface area (Å²) in [7, 11) is 0.958. The molecule has 3 unspecified atom stereocenters. The van der Waals surface area contributed by atoms with E-state index >= 15 is 0 Å². The van der Waals surface area contributed by atoms with E-state index in [4.69, 9.17) is 4.84 Å². The molecule has 3 atom stereocenters. The number of alkyl halides is 3. The third-order valence-corrected chi connectivity index (χ3v) is 3.47. The van der Waals surface area contributed by atoms with E-state index in [1.807, 2.05) is 0 Å². The van der Waals surface area contributed by atoms with Gasteiger partial charge in [0, 0.05) is 6.54 Å². The number of piperidine rings is 1. The molecule has 5 nitrogen and oxygen atoms in total. The number of esters is 1. The maximum atomic E-state index is 13.1. The van der Waals surface area contributed by atoms with Crippen LogP contribution in [0.1, 0.15) is 19.3 Å². The quantitative estimate of drug-likeness (QED) is 0.707. The number of fused-ring (bicyclic) bond motifs is 1. The molecule has 2 fully saturated rings. The van der Waals surface area contributed by atoms with Crippen LogP contribution in [0.2, 0.25) is 0 Å². The number of carbonyl (C=O) groups excluding carboxylic acids is 1. The SMILES string of the molecule is COC(=O)C1ON2CCCCC2C1(O)C(F)(F)F. The fourth-order valence-electron chi connectivity index (χ4n) is 2.53. The van der Waals surface area contributed by atoms with Crippen LogP contribution in [0.3, 0.4) is 0 Å². The van der Waals surface area contributed by atoms with E-state index in [1.165, 1.54) is 0 Å². The zero-order valence-electron chi connectivity index (χ0n) is 9.74. The lowest BCUT2D eigenvalue weighted by Gasteiger charge is -2.36. The van der Waals surface area contributed by atoms with Crippen molar-refractivity contribution in [3.63, 3.8) is 0 Å². The molecule has 0 aromatic rings. The Morgan fingerprint density at radius 1 is 1.50 bits per heavy atom. The predicted octanol–water partition coefficient (Wildman–Crippen LogP) is 0.621. The molecular weight excluding hydrogens is 255 g/mol. The van der Waals surface area contributed by atoms with Gasteiger partial charge < -0.3 is 9.84 Å². The van der Waals surface area contributed by atoms with E-state index < -0.39 is 29.9 Å². The summed E-state index contributed by atoms with van der Waals surface area (Å²) in [5.74, 6) is -1.22. The topological polar surface area (TPSA) is 59.0 Å². The highest BCUT2D eigenvalue weighted by Crippen LogP contribution is 2.47. The van der Waals surface area contributed by atoms with Gasteiger partial charge in [-0.1, -0.05) is 6.42 Å². The highest BCUT2D eigenvalue weighted by atomic mass is 19.4. The van der Waals surface area contributed by atoms with Crippen molar-refractivity contribution in [2.75, 3.05) is 13.7 Å². The summed E-state index contributed by atoms with van der Waals surface area (Å²) in [6, 6.07) is -1.25. The zero-order chi connectivity index (χ0) is 13.6. The molecule has 0 aromatic carbocycles. The van der Waals surface area contributed by atoms with Crippen LogP contribution in [0.5, 0.6) is 0 Å². The van der Waals surface area contributed by atoms with Crippen LogP contribution in [-0.4, -0.2) is 53.7 Å². The lowest BCUT2D eigenvalue weighted by molar-refractivity contribution is -0.277. The van der Waals surface area contributed by atoms with Gasteiger partial charge in [-0.25, -0.2) is 4.79 Å². The van der Waals surface area contributed by atoms with Crippen molar-refractivity contribution >= 4 is 5.97 Å². The Morgan fingerprint density at radius 2 is 2.17 bits per heavy atom. The molecule has 0 saturated carbocycles. The lowest BCUT2D eigenvalue weighted by Crippen LogP contribution is -2.62. The minimum atomic E-state index is -4.96. The molecule has 2 saturated heterocycles. The molecule has 18 heavy (non-hydrogen) atoms. The number of methoxy groups -OCH3 is 1. The van der Waals surface area contributed by atoms with Crippen molar-refractivity contribution < 1.29 is 32.6 Å². The number of aliphatic hydroxyl groups is 1. The maximum absolute atomic E-state index is 13.1. The normalized spacial score (nSPS) is 37.4. The third kappa shape index (κ3) is 1.79. The standard InChI is InChI=1S/C10H14F3NO4/c1-17-8(15)7-9(16,10(11,12)13)6-4-2-3-5-14(6)18-7/h6-7,16H,2-5H2,1H3. The van der Waals surface area contributed by atoms with Gasteiger partial charge in [0.25, 0.3) is 0 Å². The van der Waals surface area contributed by atoms with Crippen molar-refractivity contribution in [3.8, 4) is 0 Å². The summed E-state index contributed by atoms with van der Waals surface area (Å²) in [5, 5.41) is 11.0. The Hall–Kier alpha value is -0.860. The molecule has 2 aliphatic heterocycles. The zero-order valence-corrected chi connectivity index (χ0v) is 9.74. The number of nitrogens with zero attached hydrogens (tertiary/aromatic N) is 1. The van der Waals surface area contributed by atoms with Crippen molar-refractivity contribution in [2.24, 2.45) is 0 Å². The van der Waals surface area contributed by atoms with Gasteiger partial charge in [-0.05, 0) is 12.8 Å². The molecule has 0 bridgehead atoms. The molecule has 0 amide bonds. The first-order chi connectivity index (χ1) is 8.32. The van der Waals surface area contributed by atoms with Crippen LogP contribution in [0.25, 0.3) is 0 Å². The summed E-state index contributed by atoms with van der Waals surface area (Å²) >= 11 is 0. The molecule has 2 heterocycles. The van der Waals surface area contributed by atoms with Gasteiger partial charge in [-0.3, -0.25) is 4.84 Å². The van der Waals surface area contributed by atoms with Crippen molar-refractivity contribution in [1.29, 1.82) is 0 Å². The Kier molecular flexibility index (Phi) is 3.28. The second kappa shape index (κ2) is 4.36. The minimum Gasteiger partial charge on any atom is -0.467 e. The van der Waals surface area contributed by atoms with Crippen molar-refractivity contribution in [3.05, 3.63) is 0 Å². The lowest BCUT2D eigenvalue weighted by atomic mass is 9.84. The Labute approximate surface area is 101 Å². The molecule has 1 N–H and O–H groups in total. The fraction of sp³-hybridized carbons (Fsp3) is 0.900. The molecule has 2 aliphatic rings. The van der Waals surface area contributed by atoms with Crippen molar-refractivity contribution in [1.82, 2.24) is 5.06 Å². The highest BCUT2D eigenvalue weighted by Gasteiger charge is 2.72. The van der Waals surface area contributed by atoms with Gasteiger partial charge in [-0.2, -0.15) is 18.2 Å². The first-order valence-corrected chi connectivity index (χ1v) is 5.62. The van der Waals surface area contributed by atoms with Crippen LogP contribution in [-0.2, 0) is 14.4 Å². The van der Waals surface area contributed by atoms with Gasteiger partial charge in [0.1, 0.15) is 0 Å². The van der Waals surface area contributed by atoms with E-state index in [0.717, 1.165) is 12.2 Å². The second-order valence-corrected chi connectivity index (χ2v) is 4.48. The number of carbonyl (C=O) groups is 1. The van der Waals surface area contributed by atoms with Crippen LogP contribution < -0.4 is 0 Å². The summed E-state index contributed by atoms with van der Waals surface area (Å²) < 4.78 is 43.6. The number of hydrogen-bond acceptors (Lipinski definition) is 5. The monoisotopic (exact) mass is 269 g/mol.